The number of halogens is 2. The number of pyridine rings is 1. The topological polar surface area (TPSA) is 63.5 Å². The number of alkyl halides is 1. The van der Waals surface area contributed by atoms with E-state index in [-0.39, 0.29) is 37.3 Å². The fourth-order valence-electron chi connectivity index (χ4n) is 4.36. The summed E-state index contributed by atoms with van der Waals surface area (Å²) in [5.41, 5.74) is 1.25. The lowest BCUT2D eigenvalue weighted by Gasteiger charge is -2.28. The zero-order valence-corrected chi connectivity index (χ0v) is 16.3. The van der Waals surface area contributed by atoms with Crippen LogP contribution in [0.3, 0.4) is 0 Å². The summed E-state index contributed by atoms with van der Waals surface area (Å²) < 4.78 is 27.7. The fraction of sp³-hybridized carbons (Fsp3) is 0.476. The normalized spacial score (nSPS) is 24.8. The minimum absolute atomic E-state index is 0.00278. The number of likely N-dealkylation sites (N-methyl/N-ethyl adjacent to an activating group) is 1. The second-order valence-electron chi connectivity index (χ2n) is 7.78. The van der Waals surface area contributed by atoms with Gasteiger partial charge in [0.25, 0.3) is 0 Å². The first-order valence-corrected chi connectivity index (χ1v) is 9.79. The average Bonchev–Trinajstić information content (AvgIpc) is 3.34. The molecule has 1 unspecified atom stereocenters. The maximum Gasteiger partial charge on any atom is 0.237 e. The van der Waals surface area contributed by atoms with Crippen molar-refractivity contribution in [1.29, 1.82) is 5.26 Å². The molecule has 1 aromatic heterocycles. The molecule has 1 amide bonds. The third-order valence-electron chi connectivity index (χ3n) is 5.95. The van der Waals surface area contributed by atoms with E-state index in [0.29, 0.717) is 12.1 Å². The van der Waals surface area contributed by atoms with Crippen LogP contribution >= 0.6 is 0 Å². The van der Waals surface area contributed by atoms with Gasteiger partial charge in [0, 0.05) is 49.9 Å². The molecule has 2 fully saturated rings. The van der Waals surface area contributed by atoms with E-state index < -0.39 is 12.2 Å². The summed E-state index contributed by atoms with van der Waals surface area (Å²) in [4.78, 5) is 22.2. The number of anilines is 1. The molecule has 0 spiro atoms. The van der Waals surface area contributed by atoms with Crippen LogP contribution in [0.25, 0.3) is 10.9 Å². The first-order chi connectivity index (χ1) is 14.0. The lowest BCUT2D eigenvalue weighted by atomic mass is 10.1. The van der Waals surface area contributed by atoms with Gasteiger partial charge in [0.15, 0.2) is 0 Å². The van der Waals surface area contributed by atoms with E-state index in [4.69, 9.17) is 5.26 Å². The van der Waals surface area contributed by atoms with E-state index in [1.807, 2.05) is 24.1 Å². The summed E-state index contributed by atoms with van der Waals surface area (Å²) in [6.45, 7) is 1.59. The Bertz CT molecular complexity index is 962. The monoisotopic (exact) mass is 399 g/mol. The largest absolute Gasteiger partial charge is 0.370 e. The van der Waals surface area contributed by atoms with Crippen LogP contribution < -0.4 is 4.90 Å². The lowest BCUT2D eigenvalue weighted by molar-refractivity contribution is -0.132. The third kappa shape index (κ3) is 3.75. The Labute approximate surface area is 168 Å². The molecule has 3 heterocycles. The Hall–Kier alpha value is -2.79. The number of carbonyl (C=O) groups is 1. The van der Waals surface area contributed by atoms with Gasteiger partial charge in [0.2, 0.25) is 5.91 Å². The van der Waals surface area contributed by atoms with Gasteiger partial charge in [-0.1, -0.05) is 0 Å². The molecule has 6 nitrogen and oxygen atoms in total. The van der Waals surface area contributed by atoms with Crippen LogP contribution in [0, 0.1) is 17.1 Å². The van der Waals surface area contributed by atoms with Crippen LogP contribution in [0.5, 0.6) is 0 Å². The van der Waals surface area contributed by atoms with Gasteiger partial charge in [-0.15, -0.1) is 0 Å². The number of nitriles is 1. The Morgan fingerprint density at radius 1 is 1.38 bits per heavy atom. The van der Waals surface area contributed by atoms with Crippen molar-refractivity contribution >= 4 is 22.5 Å². The summed E-state index contributed by atoms with van der Waals surface area (Å²) in [5.74, 6) is -0.545. The number of benzene rings is 1. The van der Waals surface area contributed by atoms with Crippen LogP contribution in [-0.4, -0.2) is 72.2 Å². The zero-order valence-electron chi connectivity index (χ0n) is 16.3. The molecule has 4 rings (SSSR count). The molecule has 29 heavy (non-hydrogen) atoms. The molecule has 2 aliphatic rings. The number of carbonyl (C=O) groups excluding carboxylic acids is 1. The van der Waals surface area contributed by atoms with Crippen molar-refractivity contribution in [3.05, 3.63) is 36.3 Å². The van der Waals surface area contributed by atoms with E-state index in [1.165, 1.54) is 11.0 Å². The predicted octanol–water partition coefficient (Wildman–Crippen LogP) is 2.35. The Kier molecular flexibility index (Phi) is 5.33. The highest BCUT2D eigenvalue weighted by atomic mass is 19.1. The van der Waals surface area contributed by atoms with Gasteiger partial charge >= 0.3 is 0 Å². The molecule has 2 aliphatic heterocycles. The molecule has 2 aromatic rings. The Morgan fingerprint density at radius 2 is 2.21 bits per heavy atom. The molecule has 3 atom stereocenters. The average molecular weight is 399 g/mol. The van der Waals surface area contributed by atoms with Crippen LogP contribution in [-0.2, 0) is 4.79 Å². The molecule has 0 N–H and O–H groups in total. The molecule has 152 valence electrons. The second kappa shape index (κ2) is 7.91. The summed E-state index contributed by atoms with van der Waals surface area (Å²) in [7, 11) is 1.97. The van der Waals surface area contributed by atoms with Gasteiger partial charge in [-0.3, -0.25) is 14.7 Å². The van der Waals surface area contributed by atoms with Crippen LogP contribution in [0.2, 0.25) is 0 Å². The zero-order chi connectivity index (χ0) is 20.5. The summed E-state index contributed by atoms with van der Waals surface area (Å²) in [5, 5.41) is 9.91. The van der Waals surface area contributed by atoms with Gasteiger partial charge < -0.3 is 9.80 Å². The molecule has 0 saturated carbocycles. The summed E-state index contributed by atoms with van der Waals surface area (Å²) in [6, 6.07) is 8.35. The molecular formula is C21H23F2N5O. The van der Waals surface area contributed by atoms with E-state index in [0.717, 1.165) is 24.0 Å². The van der Waals surface area contributed by atoms with Crippen LogP contribution in [0.1, 0.15) is 12.8 Å². The molecule has 2 saturated heterocycles. The number of aromatic nitrogens is 1. The molecule has 8 heteroatoms. The van der Waals surface area contributed by atoms with Crippen molar-refractivity contribution in [2.75, 3.05) is 38.1 Å². The number of hydrogen-bond acceptors (Lipinski definition) is 5. The van der Waals surface area contributed by atoms with E-state index in [9.17, 15) is 13.6 Å². The Morgan fingerprint density at radius 3 is 3.00 bits per heavy atom. The molecule has 0 radical (unpaired) electrons. The first kappa shape index (κ1) is 19.5. The molecular weight excluding hydrogens is 376 g/mol. The molecule has 0 bridgehead atoms. The van der Waals surface area contributed by atoms with Gasteiger partial charge in [-0.05, 0) is 30.7 Å². The number of hydrogen-bond donors (Lipinski definition) is 0. The van der Waals surface area contributed by atoms with Gasteiger partial charge in [0.1, 0.15) is 23.5 Å². The van der Waals surface area contributed by atoms with Crippen LogP contribution in [0.4, 0.5) is 14.5 Å². The Balaban J connectivity index is 1.43. The second-order valence-corrected chi connectivity index (χ2v) is 7.78. The highest BCUT2D eigenvalue weighted by molar-refractivity contribution is 5.92. The number of rotatable bonds is 4. The molecule has 1 aromatic carbocycles. The quantitative estimate of drug-likeness (QED) is 0.790. The third-order valence-corrected chi connectivity index (χ3v) is 5.95. The fourth-order valence-corrected chi connectivity index (χ4v) is 4.36. The number of fused-ring (bicyclic) bond motifs is 1. The van der Waals surface area contributed by atoms with Crippen molar-refractivity contribution in [2.24, 2.45) is 0 Å². The molecule has 0 aliphatic carbocycles. The van der Waals surface area contributed by atoms with Crippen molar-refractivity contribution in [3.63, 3.8) is 0 Å². The lowest BCUT2D eigenvalue weighted by Crippen LogP contribution is -2.43. The van der Waals surface area contributed by atoms with Crippen molar-refractivity contribution < 1.29 is 13.6 Å². The van der Waals surface area contributed by atoms with Crippen molar-refractivity contribution in [2.45, 2.75) is 31.1 Å². The van der Waals surface area contributed by atoms with Gasteiger partial charge in [-0.2, -0.15) is 5.26 Å². The SMILES string of the molecule is CN(c1ccc(F)c2ncccc12)C1CCN(CC(=O)N2C[C@@H](F)C[C@H]2C#N)C1. The van der Waals surface area contributed by atoms with Crippen LogP contribution in [0.15, 0.2) is 30.5 Å². The predicted molar refractivity (Wildman–Crippen MR) is 106 cm³/mol. The maximum absolute atomic E-state index is 14.1. The van der Waals surface area contributed by atoms with Gasteiger partial charge in [0.05, 0.1) is 19.2 Å². The summed E-state index contributed by atoms with van der Waals surface area (Å²) in [6.07, 6.45) is 1.41. The number of likely N-dealkylation sites (tertiary alicyclic amines) is 2. The smallest absolute Gasteiger partial charge is 0.237 e. The van der Waals surface area contributed by atoms with E-state index in [2.05, 4.69) is 9.88 Å². The van der Waals surface area contributed by atoms with E-state index in [1.54, 1.807) is 18.3 Å². The first-order valence-electron chi connectivity index (χ1n) is 9.79. The number of amides is 1. The van der Waals surface area contributed by atoms with Crippen molar-refractivity contribution in [3.8, 4) is 6.07 Å². The highest BCUT2D eigenvalue weighted by Crippen LogP contribution is 2.30. The summed E-state index contributed by atoms with van der Waals surface area (Å²) >= 11 is 0. The van der Waals surface area contributed by atoms with Crippen molar-refractivity contribution in [1.82, 2.24) is 14.8 Å². The maximum atomic E-state index is 14.1. The minimum Gasteiger partial charge on any atom is -0.370 e. The van der Waals surface area contributed by atoms with E-state index >= 15 is 0 Å². The standard InChI is InChI=1S/C21H23F2N5O/c1-26(19-5-4-18(23)21-17(19)3-2-7-25-21)15-6-8-27(12-15)13-20(29)28-11-14(22)9-16(28)10-24/h2-5,7,14-16H,6,8-9,11-13H2,1H3/t14-,15?,16-/m0/s1. The van der Waals surface area contributed by atoms with Gasteiger partial charge in [-0.25, -0.2) is 8.78 Å². The number of nitrogens with zero attached hydrogens (tertiary/aromatic N) is 5. The highest BCUT2D eigenvalue weighted by Gasteiger charge is 2.37. The minimum atomic E-state index is -1.12.